The molecule has 0 unspecified atom stereocenters. The lowest BCUT2D eigenvalue weighted by atomic mass is 10.0. The van der Waals surface area contributed by atoms with Crippen LogP contribution in [0.3, 0.4) is 0 Å². The number of hydrogen-bond donors (Lipinski definition) is 2. The van der Waals surface area contributed by atoms with E-state index in [0.717, 1.165) is 39.1 Å². The molecule has 0 spiro atoms. The van der Waals surface area contributed by atoms with Crippen LogP contribution in [0.4, 0.5) is 0 Å². The number of nitrogens with one attached hydrogen (secondary N) is 1. The van der Waals surface area contributed by atoms with Crippen LogP contribution in [-0.4, -0.2) is 60.4 Å². The highest BCUT2D eigenvalue weighted by Gasteiger charge is 2.39. The number of carbonyl (C=O) groups is 1. The van der Waals surface area contributed by atoms with Gasteiger partial charge in [0.1, 0.15) is 0 Å². The topological polar surface area (TPSA) is 61.8 Å². The maximum atomic E-state index is 12.1. The molecule has 0 aromatic heterocycles. The molecule has 0 aromatic rings. The van der Waals surface area contributed by atoms with E-state index in [2.05, 4.69) is 10.2 Å². The van der Waals surface area contributed by atoms with Gasteiger partial charge >= 0.3 is 0 Å². The molecule has 1 aliphatic heterocycles. The van der Waals surface area contributed by atoms with Gasteiger partial charge in [-0.15, -0.1) is 0 Å². The zero-order valence-electron chi connectivity index (χ0n) is 12.8. The van der Waals surface area contributed by atoms with Crippen molar-refractivity contribution in [3.8, 4) is 0 Å². The maximum Gasteiger partial charge on any atom is 0.220 e. The van der Waals surface area contributed by atoms with Gasteiger partial charge < -0.3 is 15.2 Å². The van der Waals surface area contributed by atoms with Gasteiger partial charge in [0.05, 0.1) is 25.4 Å². The van der Waals surface area contributed by atoms with E-state index in [0.29, 0.717) is 12.3 Å². The standard InChI is InChI=1S/C16H28N2O3/c19-15(11-12-3-1-2-4-12)17-13-5-6-14(16(13)20)18-7-9-21-10-8-18/h12-14,16,20H,1-11H2,(H,17,19)/t13-,14-,16-/m1/s1. The van der Waals surface area contributed by atoms with Crippen LogP contribution in [0.1, 0.15) is 44.9 Å². The molecule has 2 saturated carbocycles. The van der Waals surface area contributed by atoms with E-state index in [-0.39, 0.29) is 18.0 Å². The fraction of sp³-hybridized carbons (Fsp3) is 0.938. The molecule has 2 aliphatic carbocycles. The molecule has 3 aliphatic rings. The summed E-state index contributed by atoms with van der Waals surface area (Å²) >= 11 is 0. The van der Waals surface area contributed by atoms with E-state index in [1.165, 1.54) is 25.7 Å². The smallest absolute Gasteiger partial charge is 0.220 e. The van der Waals surface area contributed by atoms with E-state index in [9.17, 15) is 9.90 Å². The summed E-state index contributed by atoms with van der Waals surface area (Å²) in [6.45, 7) is 3.29. The molecular weight excluding hydrogens is 268 g/mol. The van der Waals surface area contributed by atoms with Gasteiger partial charge in [-0.3, -0.25) is 9.69 Å². The number of hydrogen-bond acceptors (Lipinski definition) is 4. The quantitative estimate of drug-likeness (QED) is 0.809. The van der Waals surface area contributed by atoms with Crippen LogP contribution in [0.25, 0.3) is 0 Å². The molecule has 3 rings (SSSR count). The lowest BCUT2D eigenvalue weighted by Gasteiger charge is -2.34. The van der Waals surface area contributed by atoms with E-state index in [1.54, 1.807) is 0 Å². The summed E-state index contributed by atoms with van der Waals surface area (Å²) in [5.41, 5.74) is 0. The summed E-state index contributed by atoms with van der Waals surface area (Å²) in [6.07, 6.45) is 6.98. The summed E-state index contributed by atoms with van der Waals surface area (Å²) in [5.74, 6) is 0.701. The highest BCUT2D eigenvalue weighted by molar-refractivity contribution is 5.76. The molecule has 120 valence electrons. The van der Waals surface area contributed by atoms with Gasteiger partial charge in [-0.2, -0.15) is 0 Å². The molecule has 5 nitrogen and oxygen atoms in total. The SMILES string of the molecule is O=C(CC1CCCC1)N[C@@H]1CC[C@@H](N2CCOCC2)[C@@H]1O. The number of ether oxygens (including phenoxy) is 1. The molecule has 0 aromatic carbocycles. The zero-order chi connectivity index (χ0) is 14.7. The first-order valence-corrected chi connectivity index (χ1v) is 8.53. The van der Waals surface area contributed by atoms with E-state index < -0.39 is 6.10 Å². The molecule has 1 saturated heterocycles. The van der Waals surface area contributed by atoms with E-state index in [1.807, 2.05) is 0 Å². The number of aliphatic hydroxyl groups excluding tert-OH is 1. The molecule has 5 heteroatoms. The van der Waals surface area contributed by atoms with Crippen LogP contribution in [0, 0.1) is 5.92 Å². The maximum absolute atomic E-state index is 12.1. The molecule has 2 N–H and O–H groups in total. The number of carbonyl (C=O) groups excluding carboxylic acids is 1. The third-order valence-electron chi connectivity index (χ3n) is 5.39. The van der Waals surface area contributed by atoms with Gasteiger partial charge in [-0.1, -0.05) is 12.8 Å². The number of rotatable bonds is 4. The van der Waals surface area contributed by atoms with Crippen molar-refractivity contribution in [3.05, 3.63) is 0 Å². The number of amides is 1. The Labute approximate surface area is 127 Å². The Morgan fingerprint density at radius 2 is 1.86 bits per heavy atom. The van der Waals surface area contributed by atoms with Gasteiger partial charge in [0, 0.05) is 25.6 Å². The van der Waals surface area contributed by atoms with Crippen LogP contribution in [0.5, 0.6) is 0 Å². The molecule has 21 heavy (non-hydrogen) atoms. The summed E-state index contributed by atoms with van der Waals surface area (Å²) in [7, 11) is 0. The van der Waals surface area contributed by atoms with Gasteiger partial charge in [-0.25, -0.2) is 0 Å². The Kier molecular flexibility index (Phi) is 5.14. The van der Waals surface area contributed by atoms with Crippen molar-refractivity contribution in [3.63, 3.8) is 0 Å². The Balaban J connectivity index is 1.46. The van der Waals surface area contributed by atoms with Crippen LogP contribution in [0.15, 0.2) is 0 Å². The minimum atomic E-state index is -0.435. The highest BCUT2D eigenvalue weighted by atomic mass is 16.5. The van der Waals surface area contributed by atoms with Gasteiger partial charge in [0.2, 0.25) is 5.91 Å². The molecule has 1 heterocycles. The first-order chi connectivity index (χ1) is 10.2. The third kappa shape index (κ3) is 3.76. The molecule has 3 fully saturated rings. The third-order valence-corrected chi connectivity index (χ3v) is 5.39. The van der Waals surface area contributed by atoms with Crippen molar-refractivity contribution >= 4 is 5.91 Å². The summed E-state index contributed by atoms with van der Waals surface area (Å²) in [4.78, 5) is 14.4. The second-order valence-electron chi connectivity index (χ2n) is 6.81. The van der Waals surface area contributed by atoms with Gasteiger partial charge in [-0.05, 0) is 31.6 Å². The number of aliphatic hydroxyl groups is 1. The molecule has 0 bridgehead atoms. The predicted molar refractivity (Wildman–Crippen MR) is 79.9 cm³/mol. The largest absolute Gasteiger partial charge is 0.389 e. The van der Waals surface area contributed by atoms with E-state index in [4.69, 9.17) is 4.74 Å². The average molecular weight is 296 g/mol. The monoisotopic (exact) mass is 296 g/mol. The fourth-order valence-corrected chi connectivity index (χ4v) is 4.17. The Morgan fingerprint density at radius 3 is 2.57 bits per heavy atom. The Morgan fingerprint density at radius 1 is 1.14 bits per heavy atom. The van der Waals surface area contributed by atoms with Crippen LogP contribution < -0.4 is 5.32 Å². The molecule has 0 radical (unpaired) electrons. The average Bonchev–Trinajstić information content (AvgIpc) is 3.11. The normalized spacial score (nSPS) is 35.2. The van der Waals surface area contributed by atoms with Gasteiger partial charge in [0.15, 0.2) is 0 Å². The van der Waals surface area contributed by atoms with Crippen molar-refractivity contribution < 1.29 is 14.6 Å². The first-order valence-electron chi connectivity index (χ1n) is 8.53. The van der Waals surface area contributed by atoms with Crippen molar-refractivity contribution in [2.24, 2.45) is 5.92 Å². The molecular formula is C16H28N2O3. The van der Waals surface area contributed by atoms with Crippen LogP contribution >= 0.6 is 0 Å². The lowest BCUT2D eigenvalue weighted by Crippen LogP contribution is -2.51. The summed E-state index contributed by atoms with van der Waals surface area (Å²) in [5, 5.41) is 13.6. The first kappa shape index (κ1) is 15.3. The van der Waals surface area contributed by atoms with Crippen LogP contribution in [0.2, 0.25) is 0 Å². The zero-order valence-corrected chi connectivity index (χ0v) is 12.8. The summed E-state index contributed by atoms with van der Waals surface area (Å²) < 4.78 is 5.37. The predicted octanol–water partition coefficient (Wildman–Crippen LogP) is 0.907. The summed E-state index contributed by atoms with van der Waals surface area (Å²) in [6, 6.07) is 0.123. The van der Waals surface area contributed by atoms with Crippen molar-refractivity contribution in [1.82, 2.24) is 10.2 Å². The Hall–Kier alpha value is -0.650. The van der Waals surface area contributed by atoms with Gasteiger partial charge in [0.25, 0.3) is 0 Å². The minimum absolute atomic E-state index is 0.0632. The lowest BCUT2D eigenvalue weighted by molar-refractivity contribution is -0.123. The molecule has 3 atom stereocenters. The second-order valence-corrected chi connectivity index (χ2v) is 6.81. The Bertz CT molecular complexity index is 351. The minimum Gasteiger partial charge on any atom is -0.389 e. The number of nitrogens with zero attached hydrogens (tertiary/aromatic N) is 1. The highest BCUT2D eigenvalue weighted by Crippen LogP contribution is 2.29. The van der Waals surface area contributed by atoms with Crippen molar-refractivity contribution in [2.75, 3.05) is 26.3 Å². The van der Waals surface area contributed by atoms with E-state index >= 15 is 0 Å². The number of morpholine rings is 1. The fourth-order valence-electron chi connectivity index (χ4n) is 4.17. The molecule has 1 amide bonds. The second kappa shape index (κ2) is 7.07. The van der Waals surface area contributed by atoms with Crippen LogP contribution in [-0.2, 0) is 9.53 Å². The van der Waals surface area contributed by atoms with Crippen molar-refractivity contribution in [1.29, 1.82) is 0 Å². The van der Waals surface area contributed by atoms with Crippen molar-refractivity contribution in [2.45, 2.75) is 63.1 Å².